The second-order valence-electron chi connectivity index (χ2n) is 4.84. The van der Waals surface area contributed by atoms with Crippen LogP contribution in [0.1, 0.15) is 30.3 Å². The third kappa shape index (κ3) is 2.10. The Morgan fingerprint density at radius 2 is 2.35 bits per heavy atom. The van der Waals surface area contributed by atoms with Crippen LogP contribution in [0.5, 0.6) is 0 Å². The van der Waals surface area contributed by atoms with Gasteiger partial charge in [-0.2, -0.15) is 0 Å². The van der Waals surface area contributed by atoms with Gasteiger partial charge in [-0.1, -0.05) is 0 Å². The second kappa shape index (κ2) is 4.00. The molecule has 2 N–H and O–H groups in total. The summed E-state index contributed by atoms with van der Waals surface area (Å²) < 4.78 is 4.04. The quantitative estimate of drug-likeness (QED) is 0.856. The number of aryl methyl sites for hydroxylation is 1. The summed E-state index contributed by atoms with van der Waals surface area (Å²) in [4.78, 5) is 0. The van der Waals surface area contributed by atoms with E-state index in [1.165, 1.54) is 18.4 Å². The maximum Gasteiger partial charge on any atom is 0.152 e. The molecule has 1 saturated carbocycles. The molecule has 17 heavy (non-hydrogen) atoms. The summed E-state index contributed by atoms with van der Waals surface area (Å²) in [5.74, 6) is 1.65. The van der Waals surface area contributed by atoms with Gasteiger partial charge in [0, 0.05) is 25.5 Å². The summed E-state index contributed by atoms with van der Waals surface area (Å²) in [5, 5.41) is 7.95. The lowest BCUT2D eigenvalue weighted by molar-refractivity contribution is 0.628. The minimum atomic E-state index is 0.204. The molecule has 1 atom stereocenters. The summed E-state index contributed by atoms with van der Waals surface area (Å²) in [7, 11) is 1.95. The Hall–Kier alpha value is -1.62. The van der Waals surface area contributed by atoms with Crippen LogP contribution in [-0.4, -0.2) is 19.3 Å². The van der Waals surface area contributed by atoms with E-state index in [1.807, 2.05) is 11.6 Å². The lowest BCUT2D eigenvalue weighted by Crippen LogP contribution is -2.11. The van der Waals surface area contributed by atoms with Crippen molar-refractivity contribution in [2.24, 2.45) is 18.7 Å². The van der Waals surface area contributed by atoms with E-state index in [9.17, 15) is 0 Å². The Balaban J connectivity index is 1.74. The number of rotatable bonds is 4. The molecule has 1 aliphatic rings. The average Bonchev–Trinajstić information content (AvgIpc) is 2.95. The predicted molar refractivity (Wildman–Crippen MR) is 64.2 cm³/mol. The van der Waals surface area contributed by atoms with E-state index < -0.39 is 0 Å². The first-order valence-corrected chi connectivity index (χ1v) is 5.98. The molecule has 0 spiro atoms. The third-order valence-corrected chi connectivity index (χ3v) is 3.42. The van der Waals surface area contributed by atoms with Crippen LogP contribution in [-0.2, 0) is 13.6 Å². The van der Waals surface area contributed by atoms with Crippen LogP contribution in [0.2, 0.25) is 0 Å². The molecular formula is C12H17N5. The van der Waals surface area contributed by atoms with Crippen LogP contribution >= 0.6 is 0 Å². The Morgan fingerprint density at radius 3 is 3.00 bits per heavy atom. The molecule has 1 aliphatic carbocycles. The molecule has 1 fully saturated rings. The molecule has 1 unspecified atom stereocenters. The Kier molecular flexibility index (Phi) is 2.48. The Morgan fingerprint density at radius 1 is 1.53 bits per heavy atom. The zero-order valence-corrected chi connectivity index (χ0v) is 9.95. The molecule has 0 saturated heterocycles. The van der Waals surface area contributed by atoms with Crippen molar-refractivity contribution in [2.75, 3.05) is 0 Å². The molecule has 90 valence electrons. The molecule has 2 aromatic rings. The molecule has 0 bridgehead atoms. The molecule has 0 aromatic carbocycles. The van der Waals surface area contributed by atoms with Crippen molar-refractivity contribution in [2.45, 2.75) is 25.4 Å². The van der Waals surface area contributed by atoms with E-state index in [-0.39, 0.29) is 6.04 Å². The second-order valence-corrected chi connectivity index (χ2v) is 4.84. The fraction of sp³-hybridized carbons (Fsp3) is 0.500. The van der Waals surface area contributed by atoms with Gasteiger partial charge in [0.2, 0.25) is 0 Å². The highest BCUT2D eigenvalue weighted by Crippen LogP contribution is 2.39. The lowest BCUT2D eigenvalue weighted by Gasteiger charge is -2.07. The number of nitrogens with zero attached hydrogens (tertiary/aromatic N) is 4. The average molecular weight is 231 g/mol. The highest BCUT2D eigenvalue weighted by molar-refractivity contribution is 5.18. The number of hydrogen-bond donors (Lipinski definition) is 1. The molecule has 2 heterocycles. The summed E-state index contributed by atoms with van der Waals surface area (Å²) in [6.45, 7) is 0.744. The predicted octanol–water partition coefficient (Wildman–Crippen LogP) is 1.07. The minimum absolute atomic E-state index is 0.204. The van der Waals surface area contributed by atoms with Crippen LogP contribution in [0.25, 0.3) is 0 Å². The van der Waals surface area contributed by atoms with Crippen LogP contribution in [0.3, 0.4) is 0 Å². The van der Waals surface area contributed by atoms with Crippen molar-refractivity contribution < 1.29 is 0 Å². The maximum absolute atomic E-state index is 6.17. The number of aromatic nitrogens is 4. The number of nitrogens with two attached hydrogens (primary N) is 1. The monoisotopic (exact) mass is 231 g/mol. The van der Waals surface area contributed by atoms with Crippen molar-refractivity contribution >= 4 is 0 Å². The van der Waals surface area contributed by atoms with Crippen molar-refractivity contribution in [1.82, 2.24) is 19.3 Å². The molecule has 2 aromatic heterocycles. The summed E-state index contributed by atoms with van der Waals surface area (Å²) in [6, 6.07) is 2.31. The molecule has 5 heteroatoms. The van der Waals surface area contributed by atoms with Gasteiger partial charge in [0.05, 0.1) is 6.54 Å². The maximum atomic E-state index is 6.17. The van der Waals surface area contributed by atoms with Gasteiger partial charge in [-0.15, -0.1) is 10.2 Å². The van der Waals surface area contributed by atoms with Gasteiger partial charge in [-0.3, -0.25) is 0 Å². The first-order valence-electron chi connectivity index (χ1n) is 5.98. The van der Waals surface area contributed by atoms with Crippen LogP contribution in [0, 0.1) is 5.92 Å². The van der Waals surface area contributed by atoms with Crippen LogP contribution < -0.4 is 5.73 Å². The molecule has 0 aliphatic heterocycles. The highest BCUT2D eigenvalue weighted by Gasteiger charge is 2.29. The first-order chi connectivity index (χ1) is 8.24. The third-order valence-electron chi connectivity index (χ3n) is 3.42. The van der Waals surface area contributed by atoms with Gasteiger partial charge in [-0.05, 0) is 30.4 Å². The van der Waals surface area contributed by atoms with E-state index >= 15 is 0 Å². The van der Waals surface area contributed by atoms with E-state index in [2.05, 4.69) is 33.2 Å². The molecule has 0 amide bonds. The summed E-state index contributed by atoms with van der Waals surface area (Å²) in [5.41, 5.74) is 7.40. The van der Waals surface area contributed by atoms with Crippen molar-refractivity contribution in [1.29, 1.82) is 0 Å². The SMILES string of the molecule is Cn1cnnc1Cn1ccc(C(N)C2CC2)c1. The molecule has 3 rings (SSSR count). The van der Waals surface area contributed by atoms with Gasteiger partial charge >= 0.3 is 0 Å². The molecule has 5 nitrogen and oxygen atoms in total. The zero-order chi connectivity index (χ0) is 11.8. The van der Waals surface area contributed by atoms with Gasteiger partial charge in [0.25, 0.3) is 0 Å². The topological polar surface area (TPSA) is 61.7 Å². The van der Waals surface area contributed by atoms with Gasteiger partial charge in [0.15, 0.2) is 5.82 Å². The van der Waals surface area contributed by atoms with Crippen LogP contribution in [0.4, 0.5) is 0 Å². The molecular weight excluding hydrogens is 214 g/mol. The largest absolute Gasteiger partial charge is 0.346 e. The van der Waals surface area contributed by atoms with Gasteiger partial charge < -0.3 is 14.9 Å². The first kappa shape index (κ1) is 10.5. The van der Waals surface area contributed by atoms with E-state index in [1.54, 1.807) is 6.33 Å². The summed E-state index contributed by atoms with van der Waals surface area (Å²) >= 11 is 0. The standard InChI is InChI=1S/C12H17N5/c1-16-8-14-15-11(16)7-17-5-4-10(6-17)12(13)9-2-3-9/h4-6,8-9,12H,2-3,7,13H2,1H3. The van der Waals surface area contributed by atoms with E-state index in [0.29, 0.717) is 5.92 Å². The Bertz CT molecular complexity index is 508. The van der Waals surface area contributed by atoms with Crippen LogP contribution in [0.15, 0.2) is 24.8 Å². The normalized spacial score (nSPS) is 17.3. The summed E-state index contributed by atoms with van der Waals surface area (Å²) in [6.07, 6.45) is 8.45. The fourth-order valence-electron chi connectivity index (χ4n) is 2.10. The lowest BCUT2D eigenvalue weighted by atomic mass is 10.1. The smallest absolute Gasteiger partial charge is 0.152 e. The number of hydrogen-bond acceptors (Lipinski definition) is 3. The van der Waals surface area contributed by atoms with Crippen molar-refractivity contribution in [3.05, 3.63) is 36.2 Å². The van der Waals surface area contributed by atoms with Gasteiger partial charge in [0.1, 0.15) is 6.33 Å². The van der Waals surface area contributed by atoms with Gasteiger partial charge in [-0.25, -0.2) is 0 Å². The van der Waals surface area contributed by atoms with E-state index in [0.717, 1.165) is 12.4 Å². The molecule has 0 radical (unpaired) electrons. The van der Waals surface area contributed by atoms with Crippen molar-refractivity contribution in [3.8, 4) is 0 Å². The Labute approximate surface area is 100 Å². The van der Waals surface area contributed by atoms with E-state index in [4.69, 9.17) is 5.73 Å². The van der Waals surface area contributed by atoms with Crippen molar-refractivity contribution in [3.63, 3.8) is 0 Å². The zero-order valence-electron chi connectivity index (χ0n) is 9.95. The minimum Gasteiger partial charge on any atom is -0.346 e. The fourth-order valence-corrected chi connectivity index (χ4v) is 2.10. The highest BCUT2D eigenvalue weighted by atomic mass is 15.3.